The average Bonchev–Trinajstić information content (AvgIpc) is 2.37. The molecule has 0 bridgehead atoms. The Morgan fingerprint density at radius 1 is 1.35 bits per heavy atom. The second-order valence-electron chi connectivity index (χ2n) is 6.00. The van der Waals surface area contributed by atoms with Gasteiger partial charge in [-0.05, 0) is 36.9 Å². The van der Waals surface area contributed by atoms with Gasteiger partial charge in [0.1, 0.15) is 11.3 Å². The van der Waals surface area contributed by atoms with Crippen LogP contribution in [0.15, 0.2) is 11.2 Å². The number of halogens is 1. The van der Waals surface area contributed by atoms with Crippen LogP contribution in [0.25, 0.3) is 0 Å². The Balaban J connectivity index is 2.15. The van der Waals surface area contributed by atoms with Crippen molar-refractivity contribution in [1.82, 2.24) is 9.97 Å². The Morgan fingerprint density at radius 3 is 2.75 bits per heavy atom. The molecule has 0 aromatic carbocycles. The van der Waals surface area contributed by atoms with E-state index >= 15 is 0 Å². The van der Waals surface area contributed by atoms with E-state index in [0.29, 0.717) is 33.9 Å². The maximum Gasteiger partial charge on any atom is 0.219 e. The minimum atomic E-state index is 0.236. The zero-order chi connectivity index (χ0) is 14.7. The van der Waals surface area contributed by atoms with E-state index in [1.807, 2.05) is 6.26 Å². The zero-order valence-corrected chi connectivity index (χ0v) is 14.2. The molecule has 2 rings (SSSR count). The van der Waals surface area contributed by atoms with Gasteiger partial charge >= 0.3 is 0 Å². The van der Waals surface area contributed by atoms with Crippen LogP contribution in [0.1, 0.15) is 40.0 Å². The largest absolute Gasteiger partial charge is 0.474 e. The van der Waals surface area contributed by atoms with Crippen molar-refractivity contribution in [2.75, 3.05) is 6.26 Å². The normalized spacial score (nSPS) is 26.8. The van der Waals surface area contributed by atoms with Crippen molar-refractivity contribution in [3.8, 4) is 5.88 Å². The molecule has 0 saturated heterocycles. The topological polar surface area (TPSA) is 35.0 Å². The van der Waals surface area contributed by atoms with E-state index in [9.17, 15) is 0 Å². The lowest BCUT2D eigenvalue weighted by Gasteiger charge is -2.37. The molecule has 3 nitrogen and oxygen atoms in total. The number of ether oxygens (including phenoxy) is 1. The summed E-state index contributed by atoms with van der Waals surface area (Å²) in [6, 6.07) is 1.72. The molecule has 112 valence electrons. The highest BCUT2D eigenvalue weighted by Gasteiger charge is 2.32. The molecule has 1 aromatic heterocycles. The van der Waals surface area contributed by atoms with Crippen LogP contribution >= 0.6 is 23.4 Å². The first kappa shape index (κ1) is 15.9. The number of nitrogens with zero attached hydrogens (tertiary/aromatic N) is 2. The second kappa shape index (κ2) is 6.99. The smallest absolute Gasteiger partial charge is 0.219 e. The quantitative estimate of drug-likeness (QED) is 0.459. The van der Waals surface area contributed by atoms with Crippen LogP contribution in [0.2, 0.25) is 5.15 Å². The molecule has 3 atom stereocenters. The van der Waals surface area contributed by atoms with Crippen molar-refractivity contribution in [2.24, 2.45) is 17.8 Å². The lowest BCUT2D eigenvalue weighted by molar-refractivity contribution is 0.0420. The predicted octanol–water partition coefficient (Wildman–Crippen LogP) is 4.69. The fourth-order valence-electron chi connectivity index (χ4n) is 2.93. The average molecular weight is 315 g/mol. The van der Waals surface area contributed by atoms with Gasteiger partial charge in [0.15, 0.2) is 5.16 Å². The molecule has 1 fully saturated rings. The minimum Gasteiger partial charge on any atom is -0.474 e. The van der Waals surface area contributed by atoms with Crippen LogP contribution in [0.5, 0.6) is 5.88 Å². The summed E-state index contributed by atoms with van der Waals surface area (Å²) in [6.45, 7) is 6.85. The fourth-order valence-corrected chi connectivity index (χ4v) is 3.53. The van der Waals surface area contributed by atoms with Gasteiger partial charge in [-0.15, -0.1) is 0 Å². The van der Waals surface area contributed by atoms with E-state index in [1.165, 1.54) is 24.6 Å². The molecule has 1 aromatic rings. The summed E-state index contributed by atoms with van der Waals surface area (Å²) >= 11 is 7.51. The standard InChI is InChI=1S/C15H23ClN2OS/c1-9(2)11-6-5-10(3)7-12(11)19-14-8-13(16)17-15(18-14)20-4/h8-12H,5-7H2,1-4H3. The lowest BCUT2D eigenvalue weighted by atomic mass is 9.75. The molecule has 5 heteroatoms. The van der Waals surface area contributed by atoms with Crippen LogP contribution in [0.3, 0.4) is 0 Å². The summed E-state index contributed by atoms with van der Waals surface area (Å²) in [5, 5.41) is 1.11. The highest BCUT2D eigenvalue weighted by atomic mass is 35.5. The van der Waals surface area contributed by atoms with Gasteiger partial charge in [-0.1, -0.05) is 50.6 Å². The molecule has 0 amide bonds. The van der Waals surface area contributed by atoms with Gasteiger partial charge in [-0.2, -0.15) is 4.98 Å². The van der Waals surface area contributed by atoms with Gasteiger partial charge in [-0.25, -0.2) is 4.98 Å². The van der Waals surface area contributed by atoms with Crippen molar-refractivity contribution in [2.45, 2.75) is 51.3 Å². The third-order valence-corrected chi connectivity index (χ3v) is 4.81. The first-order chi connectivity index (χ1) is 9.49. The second-order valence-corrected chi connectivity index (χ2v) is 7.16. The minimum absolute atomic E-state index is 0.236. The first-order valence-corrected chi connectivity index (χ1v) is 8.85. The van der Waals surface area contributed by atoms with Gasteiger partial charge in [0, 0.05) is 6.07 Å². The van der Waals surface area contributed by atoms with Crippen molar-refractivity contribution < 1.29 is 4.74 Å². The van der Waals surface area contributed by atoms with E-state index in [4.69, 9.17) is 16.3 Å². The zero-order valence-electron chi connectivity index (χ0n) is 12.6. The van der Waals surface area contributed by atoms with Crippen molar-refractivity contribution >= 4 is 23.4 Å². The number of hydrogen-bond donors (Lipinski definition) is 0. The SMILES string of the molecule is CSc1nc(Cl)cc(OC2CC(C)CCC2C(C)C)n1. The molecule has 20 heavy (non-hydrogen) atoms. The van der Waals surface area contributed by atoms with Crippen molar-refractivity contribution in [1.29, 1.82) is 0 Å². The molecule has 0 radical (unpaired) electrons. The summed E-state index contributed by atoms with van der Waals surface area (Å²) in [7, 11) is 0. The maximum absolute atomic E-state index is 6.17. The third-order valence-electron chi connectivity index (χ3n) is 4.07. The number of rotatable bonds is 4. The van der Waals surface area contributed by atoms with Gasteiger partial charge in [-0.3, -0.25) is 0 Å². The van der Waals surface area contributed by atoms with Gasteiger partial charge in [0.2, 0.25) is 5.88 Å². The number of aromatic nitrogens is 2. The van der Waals surface area contributed by atoms with E-state index in [-0.39, 0.29) is 6.10 Å². The Kier molecular flexibility index (Phi) is 5.56. The maximum atomic E-state index is 6.17. The Morgan fingerprint density at radius 2 is 2.10 bits per heavy atom. The molecule has 1 saturated carbocycles. The van der Waals surface area contributed by atoms with Crippen molar-refractivity contribution in [3.63, 3.8) is 0 Å². The molecular weight excluding hydrogens is 292 g/mol. The number of hydrogen-bond acceptors (Lipinski definition) is 4. The predicted molar refractivity (Wildman–Crippen MR) is 84.6 cm³/mol. The van der Waals surface area contributed by atoms with Crippen LogP contribution in [-0.2, 0) is 0 Å². The van der Waals surface area contributed by atoms with Crippen LogP contribution < -0.4 is 4.74 Å². The summed E-state index contributed by atoms with van der Waals surface area (Å²) < 4.78 is 6.17. The van der Waals surface area contributed by atoms with E-state index in [2.05, 4.69) is 30.7 Å². The molecule has 1 aliphatic carbocycles. The highest BCUT2D eigenvalue weighted by molar-refractivity contribution is 7.98. The lowest BCUT2D eigenvalue weighted by Crippen LogP contribution is -2.36. The monoisotopic (exact) mass is 314 g/mol. The summed E-state index contributed by atoms with van der Waals surface area (Å²) in [5.41, 5.74) is 0. The Hall–Kier alpha value is -0.480. The highest BCUT2D eigenvalue weighted by Crippen LogP contribution is 2.36. The number of thioether (sulfide) groups is 1. The summed E-state index contributed by atoms with van der Waals surface area (Å²) in [5.74, 6) is 2.55. The molecule has 3 unspecified atom stereocenters. The van der Waals surface area contributed by atoms with Crippen LogP contribution in [0, 0.1) is 17.8 Å². The molecular formula is C15H23ClN2OS. The molecule has 0 aliphatic heterocycles. The summed E-state index contributed by atoms with van der Waals surface area (Å²) in [6.07, 6.45) is 5.80. The van der Waals surface area contributed by atoms with E-state index in [0.717, 1.165) is 6.42 Å². The van der Waals surface area contributed by atoms with Gasteiger partial charge in [0.05, 0.1) is 0 Å². The molecule has 1 aliphatic rings. The third kappa shape index (κ3) is 4.01. The van der Waals surface area contributed by atoms with Crippen LogP contribution in [0.4, 0.5) is 0 Å². The Labute approximate surface area is 130 Å². The fraction of sp³-hybridized carbons (Fsp3) is 0.733. The molecule has 0 N–H and O–H groups in total. The van der Waals surface area contributed by atoms with Crippen LogP contribution in [-0.4, -0.2) is 22.3 Å². The first-order valence-electron chi connectivity index (χ1n) is 7.24. The molecule has 1 heterocycles. The van der Waals surface area contributed by atoms with Crippen molar-refractivity contribution in [3.05, 3.63) is 11.2 Å². The molecule has 0 spiro atoms. The van der Waals surface area contributed by atoms with Gasteiger partial charge in [0.25, 0.3) is 0 Å². The Bertz CT molecular complexity index is 455. The van der Waals surface area contributed by atoms with E-state index in [1.54, 1.807) is 6.07 Å². The van der Waals surface area contributed by atoms with E-state index < -0.39 is 0 Å². The summed E-state index contributed by atoms with van der Waals surface area (Å²) in [4.78, 5) is 8.56. The van der Waals surface area contributed by atoms with Gasteiger partial charge < -0.3 is 4.74 Å².